The number of amides is 1. The molecule has 1 aromatic carbocycles. The summed E-state index contributed by atoms with van der Waals surface area (Å²) in [5.74, 6) is -2.24. The molecular formula is C16H25N5O5S. The van der Waals surface area contributed by atoms with Crippen LogP contribution in [-0.2, 0) is 25.4 Å². The molecule has 6 N–H and O–H groups in total. The molecule has 0 radical (unpaired) electrons. The fraction of sp³-hybridized carbons (Fsp3) is 0.438. The first-order valence-electron chi connectivity index (χ1n) is 8.17. The minimum absolute atomic E-state index is 0.106. The fourth-order valence-corrected chi connectivity index (χ4v) is 3.70. The summed E-state index contributed by atoms with van der Waals surface area (Å²) in [4.78, 5) is 28.1. The number of likely N-dealkylation sites (N-methyl/N-ethyl adjacent to an activating group) is 1. The number of nitrogens with two attached hydrogens (primary N) is 2. The van der Waals surface area contributed by atoms with E-state index in [1.54, 1.807) is 30.3 Å². The van der Waals surface area contributed by atoms with Gasteiger partial charge < -0.3 is 21.5 Å². The molecule has 0 saturated heterocycles. The predicted octanol–water partition coefficient (Wildman–Crippen LogP) is -0.929. The van der Waals surface area contributed by atoms with E-state index in [-0.39, 0.29) is 24.7 Å². The largest absolute Gasteiger partial charge is 0.480 e. The van der Waals surface area contributed by atoms with Gasteiger partial charge in [-0.15, -0.1) is 0 Å². The number of hydrogen-bond acceptors (Lipinski definition) is 5. The van der Waals surface area contributed by atoms with E-state index in [0.29, 0.717) is 12.0 Å². The van der Waals surface area contributed by atoms with E-state index in [9.17, 15) is 18.0 Å². The van der Waals surface area contributed by atoms with Crippen molar-refractivity contribution in [2.75, 3.05) is 20.1 Å². The molecule has 1 amide bonds. The van der Waals surface area contributed by atoms with Crippen LogP contribution in [0.5, 0.6) is 0 Å². The molecule has 0 aliphatic carbocycles. The number of benzene rings is 1. The molecule has 10 nitrogen and oxygen atoms in total. The lowest BCUT2D eigenvalue weighted by Crippen LogP contribution is -2.48. The molecule has 0 saturated carbocycles. The third-order valence-electron chi connectivity index (χ3n) is 3.51. The molecule has 0 spiro atoms. The molecule has 0 aliphatic rings. The Hall–Kier alpha value is -2.66. The molecule has 11 heteroatoms. The van der Waals surface area contributed by atoms with Crippen LogP contribution < -0.4 is 16.2 Å². The molecule has 0 aliphatic heterocycles. The van der Waals surface area contributed by atoms with Gasteiger partial charge in [-0.2, -0.15) is 0 Å². The van der Waals surface area contributed by atoms with Crippen LogP contribution in [-0.4, -0.2) is 62.4 Å². The number of aliphatic imine (C=N–C) groups is 1. The van der Waals surface area contributed by atoms with E-state index in [2.05, 4.69) is 9.71 Å². The van der Waals surface area contributed by atoms with Gasteiger partial charge in [0.1, 0.15) is 12.6 Å². The normalized spacial score (nSPS) is 12.2. The summed E-state index contributed by atoms with van der Waals surface area (Å²) in [5, 5.41) is 8.84. The number of carboxylic acid groups (broad SMARTS) is 1. The van der Waals surface area contributed by atoms with Crippen LogP contribution in [0.2, 0.25) is 0 Å². The third-order valence-corrected chi connectivity index (χ3v) is 4.87. The highest BCUT2D eigenvalue weighted by atomic mass is 32.2. The van der Waals surface area contributed by atoms with E-state index in [0.717, 1.165) is 4.90 Å². The van der Waals surface area contributed by atoms with E-state index < -0.39 is 34.5 Å². The highest BCUT2D eigenvalue weighted by Gasteiger charge is 2.27. The average Bonchev–Trinajstić information content (AvgIpc) is 2.56. The van der Waals surface area contributed by atoms with Crippen molar-refractivity contribution >= 4 is 27.9 Å². The molecule has 1 rings (SSSR count). The molecule has 0 heterocycles. The van der Waals surface area contributed by atoms with Gasteiger partial charge in [0.25, 0.3) is 0 Å². The highest BCUT2D eigenvalue weighted by Crippen LogP contribution is 2.09. The van der Waals surface area contributed by atoms with Gasteiger partial charge in [-0.1, -0.05) is 30.3 Å². The third kappa shape index (κ3) is 9.01. The van der Waals surface area contributed by atoms with E-state index in [1.807, 2.05) is 0 Å². The van der Waals surface area contributed by atoms with Crippen molar-refractivity contribution in [1.29, 1.82) is 0 Å². The first kappa shape index (κ1) is 22.4. The van der Waals surface area contributed by atoms with Crippen LogP contribution in [0, 0.1) is 0 Å². The molecule has 1 unspecified atom stereocenters. The van der Waals surface area contributed by atoms with Gasteiger partial charge >= 0.3 is 5.97 Å². The summed E-state index contributed by atoms with van der Waals surface area (Å²) in [6, 6.07) is 7.39. The molecular weight excluding hydrogens is 374 g/mol. The van der Waals surface area contributed by atoms with Gasteiger partial charge in [0.15, 0.2) is 5.96 Å². The van der Waals surface area contributed by atoms with Crippen LogP contribution in [0.4, 0.5) is 0 Å². The SMILES string of the molecule is CN(CC(=O)O)C(=O)C(CCCN=C(N)N)NS(=O)(=O)Cc1ccccc1. The molecule has 0 fully saturated rings. The van der Waals surface area contributed by atoms with Crippen LogP contribution >= 0.6 is 0 Å². The molecule has 0 aromatic heterocycles. The lowest BCUT2D eigenvalue weighted by molar-refractivity contribution is -0.144. The number of carboxylic acids is 1. The summed E-state index contributed by atoms with van der Waals surface area (Å²) in [5.41, 5.74) is 11.0. The maximum absolute atomic E-state index is 12.5. The molecule has 0 bridgehead atoms. The van der Waals surface area contributed by atoms with Crippen molar-refractivity contribution in [2.24, 2.45) is 16.5 Å². The maximum Gasteiger partial charge on any atom is 0.323 e. The zero-order valence-corrected chi connectivity index (χ0v) is 15.9. The summed E-state index contributed by atoms with van der Waals surface area (Å²) < 4.78 is 27.2. The zero-order valence-electron chi connectivity index (χ0n) is 15.0. The molecule has 150 valence electrons. The summed E-state index contributed by atoms with van der Waals surface area (Å²) in [7, 11) is -2.53. The maximum atomic E-state index is 12.5. The van der Waals surface area contributed by atoms with Crippen molar-refractivity contribution < 1.29 is 23.1 Å². The minimum atomic E-state index is -3.82. The molecule has 1 aromatic rings. The Kier molecular flexibility index (Phi) is 8.69. The van der Waals surface area contributed by atoms with E-state index >= 15 is 0 Å². The number of carbonyl (C=O) groups is 2. The van der Waals surface area contributed by atoms with Gasteiger partial charge in [-0.3, -0.25) is 14.6 Å². The van der Waals surface area contributed by atoms with E-state index in [4.69, 9.17) is 16.6 Å². The van der Waals surface area contributed by atoms with Crippen molar-refractivity contribution in [3.05, 3.63) is 35.9 Å². The van der Waals surface area contributed by atoms with Gasteiger partial charge in [-0.25, -0.2) is 13.1 Å². The van der Waals surface area contributed by atoms with Crippen molar-refractivity contribution in [3.8, 4) is 0 Å². The van der Waals surface area contributed by atoms with Crippen LogP contribution in [0.25, 0.3) is 0 Å². The standard InChI is InChI=1S/C16H25N5O5S/c1-21(10-14(22)23)15(24)13(8-5-9-19-16(17)18)20-27(25,26)11-12-6-3-2-4-7-12/h2-4,6-7,13,20H,5,8-11H2,1H3,(H,22,23)(H4,17,18,19). The molecule has 1 atom stereocenters. The number of nitrogens with zero attached hydrogens (tertiary/aromatic N) is 2. The lowest BCUT2D eigenvalue weighted by Gasteiger charge is -2.23. The molecule has 27 heavy (non-hydrogen) atoms. The average molecular weight is 399 g/mol. The number of hydrogen-bond donors (Lipinski definition) is 4. The first-order valence-corrected chi connectivity index (χ1v) is 9.82. The van der Waals surface area contributed by atoms with Gasteiger partial charge in [0.05, 0.1) is 5.75 Å². The van der Waals surface area contributed by atoms with Gasteiger partial charge in [-0.05, 0) is 18.4 Å². The minimum Gasteiger partial charge on any atom is -0.480 e. The Balaban J connectivity index is 2.86. The lowest BCUT2D eigenvalue weighted by atomic mass is 10.1. The number of guanidine groups is 1. The smallest absolute Gasteiger partial charge is 0.323 e. The van der Waals surface area contributed by atoms with Gasteiger partial charge in [0.2, 0.25) is 15.9 Å². The Morgan fingerprint density at radius 3 is 2.44 bits per heavy atom. The fourth-order valence-electron chi connectivity index (χ4n) is 2.34. The van der Waals surface area contributed by atoms with Crippen molar-refractivity contribution in [1.82, 2.24) is 9.62 Å². The van der Waals surface area contributed by atoms with Crippen LogP contribution in [0.15, 0.2) is 35.3 Å². The van der Waals surface area contributed by atoms with Gasteiger partial charge in [0, 0.05) is 13.6 Å². The second-order valence-corrected chi connectivity index (χ2v) is 7.71. The monoisotopic (exact) mass is 399 g/mol. The zero-order chi connectivity index (χ0) is 20.4. The number of sulfonamides is 1. The number of carbonyl (C=O) groups excluding carboxylic acids is 1. The Labute approximate surface area is 158 Å². The second-order valence-electron chi connectivity index (χ2n) is 5.95. The number of aliphatic carboxylic acids is 1. The number of rotatable bonds is 11. The quantitative estimate of drug-likeness (QED) is 0.212. The van der Waals surface area contributed by atoms with Crippen molar-refractivity contribution in [2.45, 2.75) is 24.6 Å². The topological polar surface area (TPSA) is 168 Å². The second kappa shape index (κ2) is 10.5. The van der Waals surface area contributed by atoms with E-state index in [1.165, 1.54) is 7.05 Å². The first-order chi connectivity index (χ1) is 12.6. The predicted molar refractivity (Wildman–Crippen MR) is 101 cm³/mol. The Morgan fingerprint density at radius 2 is 1.89 bits per heavy atom. The number of nitrogens with one attached hydrogen (secondary N) is 1. The Morgan fingerprint density at radius 1 is 1.26 bits per heavy atom. The highest BCUT2D eigenvalue weighted by molar-refractivity contribution is 7.88. The summed E-state index contributed by atoms with van der Waals surface area (Å²) in [6.45, 7) is -0.321. The van der Waals surface area contributed by atoms with Crippen LogP contribution in [0.3, 0.4) is 0 Å². The summed E-state index contributed by atoms with van der Waals surface area (Å²) in [6.07, 6.45) is 0.455. The summed E-state index contributed by atoms with van der Waals surface area (Å²) >= 11 is 0. The Bertz CT molecular complexity index is 763. The van der Waals surface area contributed by atoms with Crippen molar-refractivity contribution in [3.63, 3.8) is 0 Å². The van der Waals surface area contributed by atoms with Crippen LogP contribution in [0.1, 0.15) is 18.4 Å².